The molecule has 1 aromatic rings. The summed E-state index contributed by atoms with van der Waals surface area (Å²) in [5.74, 6) is 0. The maximum atomic E-state index is 10.3. The molecule has 0 aliphatic heterocycles. The number of aliphatic imine (C=N–C) groups is 2. The molecular weight excluding hydrogens is 268 g/mol. The Kier molecular flexibility index (Phi) is 8.13. The van der Waals surface area contributed by atoms with Crippen LogP contribution >= 0.6 is 0 Å². The van der Waals surface area contributed by atoms with Crippen molar-refractivity contribution in [3.63, 3.8) is 0 Å². The molecule has 6 nitrogen and oxygen atoms in total. The van der Waals surface area contributed by atoms with Crippen LogP contribution in [0.1, 0.15) is 33.4 Å². The number of carbonyl (C=O) groups excluding carboxylic acids is 2. The summed E-state index contributed by atoms with van der Waals surface area (Å²) in [6.07, 6.45) is 3.09. The van der Waals surface area contributed by atoms with E-state index in [1.165, 1.54) is 17.1 Å². The van der Waals surface area contributed by atoms with E-state index < -0.39 is 0 Å². The van der Waals surface area contributed by atoms with E-state index in [0.29, 0.717) is 0 Å². The van der Waals surface area contributed by atoms with Crippen LogP contribution in [-0.2, 0) is 22.7 Å². The van der Waals surface area contributed by atoms with Gasteiger partial charge in [0, 0.05) is 0 Å². The van der Waals surface area contributed by atoms with E-state index in [-0.39, 0.29) is 13.1 Å². The molecule has 1 aromatic carbocycles. The zero-order valence-corrected chi connectivity index (χ0v) is 12.6. The highest BCUT2D eigenvalue weighted by Crippen LogP contribution is 2.27. The fourth-order valence-corrected chi connectivity index (χ4v) is 2.12. The van der Waals surface area contributed by atoms with Gasteiger partial charge in [0.25, 0.3) is 0 Å². The molecule has 21 heavy (non-hydrogen) atoms. The second kappa shape index (κ2) is 9.29. The van der Waals surface area contributed by atoms with Crippen LogP contribution in [-0.4, -0.2) is 18.2 Å². The van der Waals surface area contributed by atoms with E-state index in [1.54, 1.807) is 12.2 Å². The van der Waals surface area contributed by atoms with Crippen LogP contribution in [0, 0.1) is 38.5 Å². The van der Waals surface area contributed by atoms with Crippen molar-refractivity contribution in [2.45, 2.75) is 40.8 Å². The van der Waals surface area contributed by atoms with E-state index in [9.17, 15) is 9.59 Å². The third-order valence-electron chi connectivity index (χ3n) is 3.56. The highest BCUT2D eigenvalue weighted by atomic mass is 16.1. The van der Waals surface area contributed by atoms with E-state index in [1.807, 2.05) is 27.7 Å². The second-order valence-electron chi connectivity index (χ2n) is 4.40. The van der Waals surface area contributed by atoms with Crippen LogP contribution in [0.5, 0.6) is 0 Å². The van der Waals surface area contributed by atoms with Gasteiger partial charge in [-0.25, -0.2) is 30.4 Å². The fourth-order valence-electron chi connectivity index (χ4n) is 2.12. The van der Waals surface area contributed by atoms with Crippen LogP contribution < -0.4 is 0 Å². The van der Waals surface area contributed by atoms with E-state index in [0.717, 1.165) is 22.3 Å². The zero-order chi connectivity index (χ0) is 16.4. The Bertz CT molecular complexity index is 595. The molecule has 0 aromatic heterocycles. The van der Waals surface area contributed by atoms with E-state index in [2.05, 4.69) is 9.98 Å². The minimum absolute atomic E-state index is 0.279. The summed E-state index contributed by atoms with van der Waals surface area (Å²) in [5, 5.41) is 11.2. The SMILES string of the molecule is Cc1c(C)c(C)c(CN=C=O)c(CN=C=O)c1C.N=C=N. The smallest absolute Gasteiger partial charge is 0.235 e. The van der Waals surface area contributed by atoms with E-state index >= 15 is 0 Å². The minimum Gasteiger partial charge on any atom is -0.242 e. The third-order valence-corrected chi connectivity index (χ3v) is 3.56. The molecule has 1 rings (SSSR count). The van der Waals surface area contributed by atoms with Crippen LogP contribution in [0.2, 0.25) is 0 Å². The number of rotatable bonds is 4. The summed E-state index contributed by atoms with van der Waals surface area (Å²) in [7, 11) is 0. The third kappa shape index (κ3) is 4.75. The molecule has 0 unspecified atom stereocenters. The molecule has 0 aliphatic rings. The Morgan fingerprint density at radius 3 is 1.29 bits per heavy atom. The molecule has 0 amide bonds. The maximum Gasteiger partial charge on any atom is 0.235 e. The molecule has 0 atom stereocenters. The summed E-state index contributed by atoms with van der Waals surface area (Å²) >= 11 is 0. The first-order chi connectivity index (χ1) is 9.95. The Balaban J connectivity index is 0.00000122. The van der Waals surface area contributed by atoms with E-state index in [4.69, 9.17) is 10.8 Å². The lowest BCUT2D eigenvalue weighted by molar-refractivity contribution is 0.561. The quantitative estimate of drug-likeness (QED) is 0.655. The molecule has 0 fully saturated rings. The molecule has 110 valence electrons. The van der Waals surface area contributed by atoms with Crippen molar-refractivity contribution in [1.82, 2.24) is 0 Å². The summed E-state index contributed by atoms with van der Waals surface area (Å²) in [6.45, 7) is 8.62. The standard InChI is InChI=1S/C14H16N2O2.CH2N2/c1-9-10(2)12(4)14(6-16-8-18)13(11(9)3)5-15-7-17;2-1-3/h5-6H2,1-4H3;2-3H. The van der Waals surface area contributed by atoms with Crippen molar-refractivity contribution in [1.29, 1.82) is 10.8 Å². The van der Waals surface area contributed by atoms with Gasteiger partial charge in [-0.15, -0.1) is 0 Å². The number of hydrogen-bond acceptors (Lipinski definition) is 6. The Labute approximate surface area is 123 Å². The van der Waals surface area contributed by atoms with Gasteiger partial charge in [0.1, 0.15) is 0 Å². The van der Waals surface area contributed by atoms with Crippen molar-refractivity contribution in [3.05, 3.63) is 33.4 Å². The average molecular weight is 286 g/mol. The van der Waals surface area contributed by atoms with Gasteiger partial charge >= 0.3 is 0 Å². The van der Waals surface area contributed by atoms with Gasteiger partial charge in [-0.05, 0) is 61.1 Å². The summed E-state index contributed by atoms with van der Waals surface area (Å²) in [5.41, 5.74) is 6.46. The first-order valence-electron chi connectivity index (χ1n) is 6.20. The highest BCUT2D eigenvalue weighted by Gasteiger charge is 2.14. The van der Waals surface area contributed by atoms with Gasteiger partial charge in [-0.1, -0.05) is 0 Å². The van der Waals surface area contributed by atoms with Crippen molar-refractivity contribution < 1.29 is 9.59 Å². The maximum absolute atomic E-state index is 10.3. The molecular formula is C15H18N4O2. The lowest BCUT2D eigenvalue weighted by atomic mass is 9.89. The molecule has 0 radical (unpaired) electrons. The molecule has 2 N–H and O–H groups in total. The Hall–Kier alpha value is -2.64. The number of hydrogen-bond donors (Lipinski definition) is 2. The van der Waals surface area contributed by atoms with Crippen LogP contribution in [0.15, 0.2) is 9.98 Å². The van der Waals surface area contributed by atoms with Gasteiger partial charge in [0.2, 0.25) is 12.2 Å². The molecule has 0 saturated heterocycles. The first kappa shape index (κ1) is 18.4. The van der Waals surface area contributed by atoms with Gasteiger partial charge in [-0.2, -0.15) is 0 Å². The lowest BCUT2D eigenvalue weighted by Gasteiger charge is -2.18. The largest absolute Gasteiger partial charge is 0.242 e. The van der Waals surface area contributed by atoms with Gasteiger partial charge < -0.3 is 0 Å². The van der Waals surface area contributed by atoms with Crippen LogP contribution in [0.4, 0.5) is 0 Å². The summed E-state index contributed by atoms with van der Waals surface area (Å²) < 4.78 is 0. The molecule has 0 heterocycles. The summed E-state index contributed by atoms with van der Waals surface area (Å²) in [4.78, 5) is 27.8. The average Bonchev–Trinajstić information content (AvgIpc) is 2.47. The Morgan fingerprint density at radius 1 is 0.762 bits per heavy atom. The molecule has 0 aliphatic carbocycles. The van der Waals surface area contributed by atoms with Crippen LogP contribution in [0.25, 0.3) is 0 Å². The predicted octanol–water partition coefficient (Wildman–Crippen LogP) is 2.91. The number of benzene rings is 1. The molecule has 0 spiro atoms. The normalized spacial score (nSPS) is 8.57. The molecule has 0 saturated carbocycles. The zero-order valence-electron chi connectivity index (χ0n) is 12.6. The minimum atomic E-state index is 0.279. The predicted molar refractivity (Wildman–Crippen MR) is 79.5 cm³/mol. The number of nitrogens with one attached hydrogen (secondary N) is 2. The first-order valence-corrected chi connectivity index (χ1v) is 6.20. The fraction of sp³-hybridized carbons (Fsp3) is 0.400. The molecule has 0 bridgehead atoms. The van der Waals surface area contributed by atoms with Crippen molar-refractivity contribution >= 4 is 18.2 Å². The lowest BCUT2D eigenvalue weighted by Crippen LogP contribution is -2.05. The van der Waals surface area contributed by atoms with Crippen molar-refractivity contribution in [3.8, 4) is 0 Å². The second-order valence-corrected chi connectivity index (χ2v) is 4.40. The number of isocyanates is 2. The van der Waals surface area contributed by atoms with Crippen LogP contribution in [0.3, 0.4) is 0 Å². The Morgan fingerprint density at radius 2 is 1.05 bits per heavy atom. The van der Waals surface area contributed by atoms with Gasteiger partial charge in [0.15, 0.2) is 0 Å². The van der Waals surface area contributed by atoms with Gasteiger partial charge in [0.05, 0.1) is 19.1 Å². The van der Waals surface area contributed by atoms with Crippen molar-refractivity contribution in [2.75, 3.05) is 0 Å². The summed E-state index contributed by atoms with van der Waals surface area (Å²) in [6, 6.07) is 1.25. The molecule has 6 heteroatoms. The van der Waals surface area contributed by atoms with Crippen molar-refractivity contribution in [2.24, 2.45) is 9.98 Å². The monoisotopic (exact) mass is 286 g/mol. The van der Waals surface area contributed by atoms with Gasteiger partial charge in [-0.3, -0.25) is 0 Å². The highest BCUT2D eigenvalue weighted by molar-refractivity contribution is 5.51. The topological polar surface area (TPSA) is 107 Å². The number of nitrogens with zero attached hydrogens (tertiary/aromatic N) is 2.